The first-order chi connectivity index (χ1) is 7.54. The lowest BCUT2D eigenvalue weighted by Crippen LogP contribution is -2.34. The Morgan fingerprint density at radius 3 is 2.88 bits per heavy atom. The summed E-state index contributed by atoms with van der Waals surface area (Å²) < 4.78 is 5.00. The van der Waals surface area contributed by atoms with Crippen LogP contribution in [-0.4, -0.2) is 17.4 Å². The van der Waals surface area contributed by atoms with Crippen molar-refractivity contribution < 1.29 is 14.5 Å². The third kappa shape index (κ3) is 2.92. The Bertz CT molecular complexity index is 419. The highest BCUT2D eigenvalue weighted by Gasteiger charge is 2.15. The molecule has 0 atom stereocenters. The van der Waals surface area contributed by atoms with Crippen LogP contribution in [-0.2, 0) is 4.79 Å². The third-order valence-corrected chi connectivity index (χ3v) is 1.83. The molecule has 0 aliphatic rings. The number of hydrogen-bond acceptors (Lipinski definition) is 5. The molecule has 0 heterocycles. The summed E-state index contributed by atoms with van der Waals surface area (Å²) in [6, 6.07) is 4.40. The normalized spacial score (nSPS) is 9.62. The van der Waals surface area contributed by atoms with E-state index in [-0.39, 0.29) is 18.0 Å². The van der Waals surface area contributed by atoms with Gasteiger partial charge in [-0.3, -0.25) is 20.3 Å². The zero-order valence-corrected chi connectivity index (χ0v) is 8.60. The number of amides is 1. The molecular formula is C9H11N3O4. The molecule has 0 saturated carbocycles. The summed E-state index contributed by atoms with van der Waals surface area (Å²) in [5, 5.41) is 10.6. The molecule has 0 aliphatic carbocycles. The van der Waals surface area contributed by atoms with Crippen molar-refractivity contribution in [3.63, 3.8) is 0 Å². The highest BCUT2D eigenvalue weighted by atomic mass is 16.6. The second-order valence-corrected chi connectivity index (χ2v) is 3.08. The Kier molecular flexibility index (Phi) is 3.78. The van der Waals surface area contributed by atoms with Gasteiger partial charge in [0.25, 0.3) is 5.91 Å². The first-order valence-corrected chi connectivity index (χ1v) is 4.42. The van der Waals surface area contributed by atoms with Gasteiger partial charge >= 0.3 is 5.69 Å². The molecule has 1 amide bonds. The van der Waals surface area contributed by atoms with Gasteiger partial charge in [-0.05, 0) is 18.6 Å². The molecule has 0 bridgehead atoms. The lowest BCUT2D eigenvalue weighted by Gasteiger charge is -2.06. The van der Waals surface area contributed by atoms with Gasteiger partial charge in [-0.15, -0.1) is 0 Å². The highest BCUT2D eigenvalue weighted by molar-refractivity contribution is 5.76. The van der Waals surface area contributed by atoms with Gasteiger partial charge in [0.1, 0.15) is 0 Å². The largest absolute Gasteiger partial charge is 0.477 e. The van der Waals surface area contributed by atoms with Crippen LogP contribution in [0.15, 0.2) is 18.2 Å². The van der Waals surface area contributed by atoms with Crippen LogP contribution in [0.5, 0.6) is 5.75 Å². The summed E-state index contributed by atoms with van der Waals surface area (Å²) in [7, 11) is 0. The number of nitrogens with zero attached hydrogens (tertiary/aromatic N) is 1. The summed E-state index contributed by atoms with van der Waals surface area (Å²) in [5.41, 5.74) is 2.48. The molecule has 0 unspecified atom stereocenters. The minimum absolute atomic E-state index is 0.0496. The lowest BCUT2D eigenvalue weighted by atomic mass is 10.2. The number of aryl methyl sites for hydroxylation is 1. The van der Waals surface area contributed by atoms with Crippen LogP contribution in [0, 0.1) is 17.0 Å². The number of nitrogens with two attached hydrogens (primary N) is 1. The van der Waals surface area contributed by atoms with Gasteiger partial charge in [-0.2, -0.15) is 0 Å². The van der Waals surface area contributed by atoms with E-state index in [4.69, 9.17) is 10.6 Å². The van der Waals surface area contributed by atoms with Gasteiger partial charge in [0, 0.05) is 6.07 Å². The van der Waals surface area contributed by atoms with Crippen molar-refractivity contribution >= 4 is 11.6 Å². The van der Waals surface area contributed by atoms with Crippen molar-refractivity contribution in [3.05, 3.63) is 33.9 Å². The maximum atomic E-state index is 10.8. The molecule has 16 heavy (non-hydrogen) atoms. The number of nitro benzene ring substituents is 1. The maximum absolute atomic E-state index is 10.8. The number of carbonyl (C=O) groups excluding carboxylic acids is 1. The molecule has 0 spiro atoms. The van der Waals surface area contributed by atoms with Crippen molar-refractivity contribution in [2.75, 3.05) is 6.61 Å². The van der Waals surface area contributed by atoms with Crippen LogP contribution in [0.3, 0.4) is 0 Å². The van der Waals surface area contributed by atoms with E-state index in [0.717, 1.165) is 5.56 Å². The molecule has 0 saturated heterocycles. The number of rotatable bonds is 4. The molecule has 1 rings (SSSR count). The predicted octanol–water partition coefficient (Wildman–Crippen LogP) is 0.272. The van der Waals surface area contributed by atoms with Crippen LogP contribution in [0.4, 0.5) is 5.69 Å². The fraction of sp³-hybridized carbons (Fsp3) is 0.222. The zero-order chi connectivity index (χ0) is 12.1. The fourth-order valence-electron chi connectivity index (χ4n) is 1.07. The Morgan fingerprint density at radius 2 is 2.31 bits per heavy atom. The van der Waals surface area contributed by atoms with Gasteiger partial charge in [-0.1, -0.05) is 6.07 Å². The molecule has 86 valence electrons. The van der Waals surface area contributed by atoms with E-state index in [0.29, 0.717) is 0 Å². The van der Waals surface area contributed by atoms with Crippen molar-refractivity contribution in [1.29, 1.82) is 0 Å². The monoisotopic (exact) mass is 225 g/mol. The van der Waals surface area contributed by atoms with Gasteiger partial charge in [0.15, 0.2) is 12.4 Å². The first-order valence-electron chi connectivity index (χ1n) is 4.42. The van der Waals surface area contributed by atoms with Crippen LogP contribution < -0.4 is 16.0 Å². The second kappa shape index (κ2) is 5.08. The van der Waals surface area contributed by atoms with E-state index >= 15 is 0 Å². The number of benzene rings is 1. The zero-order valence-electron chi connectivity index (χ0n) is 8.60. The molecule has 1 aromatic carbocycles. The summed E-state index contributed by atoms with van der Waals surface area (Å²) in [6.45, 7) is 1.40. The second-order valence-electron chi connectivity index (χ2n) is 3.08. The standard InChI is InChI=1S/C9H11N3O4/c1-6-2-3-7(12(14)15)8(4-6)16-5-9(13)11-10/h2-4H,5,10H2,1H3,(H,11,13). The van der Waals surface area contributed by atoms with E-state index in [1.807, 2.05) is 5.43 Å². The molecule has 0 radical (unpaired) electrons. The lowest BCUT2D eigenvalue weighted by molar-refractivity contribution is -0.385. The van der Waals surface area contributed by atoms with E-state index in [9.17, 15) is 14.9 Å². The summed E-state index contributed by atoms with van der Waals surface area (Å²) in [5.74, 6) is 4.34. The molecule has 3 N–H and O–H groups in total. The topological polar surface area (TPSA) is 107 Å². The Hall–Kier alpha value is -2.15. The van der Waals surface area contributed by atoms with Crippen LogP contribution in [0.2, 0.25) is 0 Å². The summed E-state index contributed by atoms with van der Waals surface area (Å²) >= 11 is 0. The third-order valence-electron chi connectivity index (χ3n) is 1.83. The average molecular weight is 225 g/mol. The molecule has 0 aromatic heterocycles. The predicted molar refractivity (Wildman–Crippen MR) is 55.7 cm³/mol. The number of hydrogen-bond donors (Lipinski definition) is 2. The molecule has 7 nitrogen and oxygen atoms in total. The molecular weight excluding hydrogens is 214 g/mol. The Balaban J connectivity index is 2.88. The van der Waals surface area contributed by atoms with E-state index in [1.165, 1.54) is 12.1 Å². The molecule has 1 aromatic rings. The molecule has 0 fully saturated rings. The van der Waals surface area contributed by atoms with Crippen molar-refractivity contribution in [2.45, 2.75) is 6.92 Å². The van der Waals surface area contributed by atoms with Crippen LogP contribution in [0.25, 0.3) is 0 Å². The molecule has 0 aliphatic heterocycles. The van der Waals surface area contributed by atoms with Gasteiger partial charge in [-0.25, -0.2) is 5.84 Å². The summed E-state index contributed by atoms with van der Waals surface area (Å²) in [6.07, 6.45) is 0. The fourth-order valence-corrected chi connectivity index (χ4v) is 1.07. The van der Waals surface area contributed by atoms with Gasteiger partial charge < -0.3 is 4.74 Å². The highest BCUT2D eigenvalue weighted by Crippen LogP contribution is 2.27. The van der Waals surface area contributed by atoms with E-state index in [1.54, 1.807) is 13.0 Å². The van der Waals surface area contributed by atoms with Crippen molar-refractivity contribution in [3.8, 4) is 5.75 Å². The van der Waals surface area contributed by atoms with Crippen LogP contribution >= 0.6 is 0 Å². The quantitative estimate of drug-likeness (QED) is 0.331. The first kappa shape index (κ1) is 11.9. The number of ether oxygens (including phenoxy) is 1. The van der Waals surface area contributed by atoms with Crippen molar-refractivity contribution in [1.82, 2.24) is 5.43 Å². The number of hydrazine groups is 1. The van der Waals surface area contributed by atoms with Gasteiger partial charge in [0.05, 0.1) is 4.92 Å². The Labute approximate surface area is 91.3 Å². The molecule has 7 heteroatoms. The summed E-state index contributed by atoms with van der Waals surface area (Å²) in [4.78, 5) is 20.9. The van der Waals surface area contributed by atoms with Gasteiger partial charge in [0.2, 0.25) is 0 Å². The van der Waals surface area contributed by atoms with Crippen LogP contribution in [0.1, 0.15) is 5.56 Å². The minimum Gasteiger partial charge on any atom is -0.477 e. The van der Waals surface area contributed by atoms with E-state index < -0.39 is 10.8 Å². The SMILES string of the molecule is Cc1ccc([N+](=O)[O-])c(OCC(=O)NN)c1. The maximum Gasteiger partial charge on any atom is 0.310 e. The van der Waals surface area contributed by atoms with E-state index in [2.05, 4.69) is 0 Å². The number of nitro groups is 1. The van der Waals surface area contributed by atoms with Crippen molar-refractivity contribution in [2.24, 2.45) is 5.84 Å². The average Bonchev–Trinajstić information content (AvgIpc) is 2.25. The smallest absolute Gasteiger partial charge is 0.310 e. The number of carbonyl (C=O) groups is 1. The number of nitrogens with one attached hydrogen (secondary N) is 1. The minimum atomic E-state index is -0.574. The Morgan fingerprint density at radius 1 is 1.62 bits per heavy atom.